The van der Waals surface area contributed by atoms with Gasteiger partial charge in [-0.3, -0.25) is 14.4 Å². The van der Waals surface area contributed by atoms with Crippen LogP contribution in [0.3, 0.4) is 0 Å². The van der Waals surface area contributed by atoms with E-state index in [1.807, 2.05) is 0 Å². The maximum Gasteiger partial charge on any atom is 0.316 e. The Hall–Kier alpha value is -2.17. The molecule has 0 saturated carbocycles. The molecule has 0 aromatic heterocycles. The van der Waals surface area contributed by atoms with Crippen molar-refractivity contribution in [3.05, 3.63) is 29.3 Å². The first kappa shape index (κ1) is 13.3. The zero-order valence-corrected chi connectivity index (χ0v) is 10.8. The Morgan fingerprint density at radius 3 is 2.58 bits per heavy atom. The van der Waals surface area contributed by atoms with Crippen molar-refractivity contribution >= 4 is 23.3 Å². The fourth-order valence-corrected chi connectivity index (χ4v) is 1.98. The van der Waals surface area contributed by atoms with E-state index in [1.165, 1.54) is 13.8 Å². The first-order valence-corrected chi connectivity index (χ1v) is 6.03. The maximum atomic E-state index is 12.2. The van der Waals surface area contributed by atoms with Gasteiger partial charge in [0.1, 0.15) is 5.41 Å². The van der Waals surface area contributed by atoms with Gasteiger partial charge in [0, 0.05) is 17.7 Å². The summed E-state index contributed by atoms with van der Waals surface area (Å²) < 4.78 is 0. The van der Waals surface area contributed by atoms with Crippen molar-refractivity contribution in [2.45, 2.75) is 26.7 Å². The summed E-state index contributed by atoms with van der Waals surface area (Å²) in [5.74, 6) is -1.62. The average molecular weight is 261 g/mol. The molecule has 0 radical (unpaired) electrons. The summed E-state index contributed by atoms with van der Waals surface area (Å²) in [5.41, 5.74) is 0.474. The van der Waals surface area contributed by atoms with Crippen molar-refractivity contribution in [3.63, 3.8) is 0 Å². The van der Waals surface area contributed by atoms with Crippen LogP contribution in [0.1, 0.15) is 36.2 Å². The topological polar surface area (TPSA) is 83.5 Å². The molecule has 1 aromatic rings. The van der Waals surface area contributed by atoms with Crippen LogP contribution in [0.2, 0.25) is 0 Å². The van der Waals surface area contributed by atoms with Crippen molar-refractivity contribution in [1.82, 2.24) is 0 Å². The lowest BCUT2D eigenvalue weighted by molar-refractivity contribution is -0.144. The molecule has 0 fully saturated rings. The Balaban J connectivity index is 2.35. The zero-order chi connectivity index (χ0) is 14.2. The molecule has 2 N–H and O–H groups in total. The average Bonchev–Trinajstić information content (AvgIpc) is 2.37. The SMILES string of the molecule is CC(C)(C(=O)O)C(=O)c1ccc2c(c1)CCC(=O)N2. The minimum atomic E-state index is -1.45. The molecule has 0 aliphatic carbocycles. The summed E-state index contributed by atoms with van der Waals surface area (Å²) in [6, 6.07) is 4.87. The summed E-state index contributed by atoms with van der Waals surface area (Å²) in [7, 11) is 0. The number of anilines is 1. The number of carboxylic acids is 1. The smallest absolute Gasteiger partial charge is 0.316 e. The molecule has 0 saturated heterocycles. The number of carbonyl (C=O) groups excluding carboxylic acids is 2. The summed E-state index contributed by atoms with van der Waals surface area (Å²) in [6.45, 7) is 2.78. The second kappa shape index (κ2) is 4.50. The Kier molecular flexibility index (Phi) is 3.14. The number of benzene rings is 1. The molecule has 0 spiro atoms. The fraction of sp³-hybridized carbons (Fsp3) is 0.357. The number of aliphatic carboxylic acids is 1. The molecule has 100 valence electrons. The number of carbonyl (C=O) groups is 3. The van der Waals surface area contributed by atoms with Crippen LogP contribution in [0, 0.1) is 5.41 Å². The number of ketones is 1. The fourth-order valence-electron chi connectivity index (χ4n) is 1.98. The van der Waals surface area contributed by atoms with E-state index >= 15 is 0 Å². The van der Waals surface area contributed by atoms with Crippen molar-refractivity contribution in [1.29, 1.82) is 0 Å². The predicted octanol–water partition coefficient (Wildman–Crippen LogP) is 1.86. The van der Waals surface area contributed by atoms with Crippen LogP contribution >= 0.6 is 0 Å². The van der Waals surface area contributed by atoms with E-state index in [1.54, 1.807) is 18.2 Å². The first-order valence-electron chi connectivity index (χ1n) is 6.03. The molecule has 1 amide bonds. The summed E-state index contributed by atoms with van der Waals surface area (Å²) in [4.78, 5) is 34.5. The maximum absolute atomic E-state index is 12.2. The van der Waals surface area contributed by atoms with Gasteiger partial charge in [0.25, 0.3) is 0 Å². The van der Waals surface area contributed by atoms with Gasteiger partial charge >= 0.3 is 5.97 Å². The van der Waals surface area contributed by atoms with Gasteiger partial charge in [-0.25, -0.2) is 0 Å². The third kappa shape index (κ3) is 2.36. The zero-order valence-electron chi connectivity index (χ0n) is 10.8. The third-order valence-corrected chi connectivity index (χ3v) is 3.37. The summed E-state index contributed by atoms with van der Waals surface area (Å²) in [5, 5.41) is 11.8. The molecule has 1 aliphatic heterocycles. The third-order valence-electron chi connectivity index (χ3n) is 3.37. The lowest BCUT2D eigenvalue weighted by Gasteiger charge is -2.20. The van der Waals surface area contributed by atoms with Crippen LogP contribution in [0.25, 0.3) is 0 Å². The molecule has 2 rings (SSSR count). The first-order chi connectivity index (χ1) is 8.82. The van der Waals surface area contributed by atoms with E-state index in [9.17, 15) is 14.4 Å². The number of hydrogen-bond donors (Lipinski definition) is 2. The van der Waals surface area contributed by atoms with Crippen LogP contribution in [-0.2, 0) is 16.0 Å². The highest BCUT2D eigenvalue weighted by molar-refractivity contribution is 6.11. The Morgan fingerprint density at radius 1 is 1.26 bits per heavy atom. The number of fused-ring (bicyclic) bond motifs is 1. The number of carboxylic acid groups (broad SMARTS) is 1. The van der Waals surface area contributed by atoms with E-state index in [2.05, 4.69) is 5.32 Å². The number of amides is 1. The standard InChI is InChI=1S/C14H15NO4/c1-14(2,13(18)19)12(17)9-3-5-10-8(7-9)4-6-11(16)15-10/h3,5,7H,4,6H2,1-2H3,(H,15,16)(H,18,19). The lowest BCUT2D eigenvalue weighted by Crippen LogP contribution is -2.33. The van der Waals surface area contributed by atoms with Crippen LogP contribution in [-0.4, -0.2) is 22.8 Å². The molecule has 0 atom stereocenters. The quantitative estimate of drug-likeness (QED) is 0.642. The predicted molar refractivity (Wildman–Crippen MR) is 69.1 cm³/mol. The number of nitrogens with one attached hydrogen (secondary N) is 1. The number of aryl methyl sites for hydroxylation is 1. The van der Waals surface area contributed by atoms with Gasteiger partial charge in [0.15, 0.2) is 5.78 Å². The highest BCUT2D eigenvalue weighted by atomic mass is 16.4. The summed E-state index contributed by atoms with van der Waals surface area (Å²) in [6.07, 6.45) is 0.947. The van der Waals surface area contributed by atoms with E-state index in [0.29, 0.717) is 24.1 Å². The molecule has 1 heterocycles. The monoisotopic (exact) mass is 261 g/mol. The van der Waals surface area contributed by atoms with Gasteiger partial charge in [0.05, 0.1) is 0 Å². The minimum absolute atomic E-state index is 0.0440. The molecule has 5 heteroatoms. The Bertz CT molecular complexity index is 575. The molecule has 0 bridgehead atoms. The second-order valence-electron chi connectivity index (χ2n) is 5.18. The van der Waals surface area contributed by atoms with E-state index < -0.39 is 17.2 Å². The van der Waals surface area contributed by atoms with Gasteiger partial charge in [-0.1, -0.05) is 0 Å². The Morgan fingerprint density at radius 2 is 1.95 bits per heavy atom. The molecule has 1 aromatic carbocycles. The highest BCUT2D eigenvalue weighted by Crippen LogP contribution is 2.28. The molecular weight excluding hydrogens is 246 g/mol. The van der Waals surface area contributed by atoms with E-state index in [0.717, 1.165) is 5.56 Å². The number of hydrogen-bond acceptors (Lipinski definition) is 3. The van der Waals surface area contributed by atoms with Crippen LogP contribution < -0.4 is 5.32 Å². The van der Waals surface area contributed by atoms with Crippen LogP contribution in [0.15, 0.2) is 18.2 Å². The highest BCUT2D eigenvalue weighted by Gasteiger charge is 2.36. The molecule has 19 heavy (non-hydrogen) atoms. The van der Waals surface area contributed by atoms with Gasteiger partial charge in [-0.2, -0.15) is 0 Å². The van der Waals surface area contributed by atoms with Crippen molar-refractivity contribution < 1.29 is 19.5 Å². The van der Waals surface area contributed by atoms with Crippen molar-refractivity contribution in [3.8, 4) is 0 Å². The molecule has 0 unspecified atom stereocenters. The number of rotatable bonds is 3. The van der Waals surface area contributed by atoms with Gasteiger partial charge < -0.3 is 10.4 Å². The van der Waals surface area contributed by atoms with E-state index in [-0.39, 0.29) is 5.91 Å². The van der Waals surface area contributed by atoms with Crippen molar-refractivity contribution in [2.24, 2.45) is 5.41 Å². The van der Waals surface area contributed by atoms with Crippen LogP contribution in [0.4, 0.5) is 5.69 Å². The lowest BCUT2D eigenvalue weighted by atomic mass is 9.83. The minimum Gasteiger partial charge on any atom is -0.481 e. The summed E-state index contributed by atoms with van der Waals surface area (Å²) >= 11 is 0. The Labute approximate surface area is 110 Å². The normalized spacial score (nSPS) is 14.5. The van der Waals surface area contributed by atoms with Gasteiger partial charge in [0.2, 0.25) is 5.91 Å². The molecule has 5 nitrogen and oxygen atoms in total. The van der Waals surface area contributed by atoms with E-state index in [4.69, 9.17) is 5.11 Å². The van der Waals surface area contributed by atoms with Crippen LogP contribution in [0.5, 0.6) is 0 Å². The van der Waals surface area contributed by atoms with Gasteiger partial charge in [-0.15, -0.1) is 0 Å². The largest absolute Gasteiger partial charge is 0.481 e. The molecular formula is C14H15NO4. The van der Waals surface area contributed by atoms with Crippen molar-refractivity contribution in [2.75, 3.05) is 5.32 Å². The van der Waals surface area contributed by atoms with Gasteiger partial charge in [-0.05, 0) is 44.0 Å². The second-order valence-corrected chi connectivity index (χ2v) is 5.18. The molecule has 1 aliphatic rings. The number of Topliss-reactive ketones (excluding diaryl/α,β-unsaturated/α-hetero) is 1.